The topological polar surface area (TPSA) is 55.8 Å². The highest BCUT2D eigenvalue weighted by molar-refractivity contribution is 5.88. The Morgan fingerprint density at radius 1 is 1.38 bits per heavy atom. The van der Waals surface area contributed by atoms with Crippen LogP contribution < -0.4 is 4.74 Å². The number of hydrogen-bond acceptors (Lipinski definition) is 3. The Balaban J connectivity index is 3.27. The van der Waals surface area contributed by atoms with Crippen LogP contribution >= 0.6 is 0 Å². The van der Waals surface area contributed by atoms with Gasteiger partial charge < -0.3 is 14.6 Å². The second-order valence-electron chi connectivity index (χ2n) is 2.71. The molecule has 0 heterocycles. The molecule has 16 heavy (non-hydrogen) atoms. The molecule has 88 valence electrons. The van der Waals surface area contributed by atoms with Crippen molar-refractivity contribution in [3.05, 3.63) is 29.1 Å². The SMILES string of the molecule is COCOc1c(F)cc(F)c(C(=O)O)c1F. The molecule has 0 amide bonds. The molecule has 0 atom stereocenters. The van der Waals surface area contributed by atoms with Crippen LogP contribution in [0.15, 0.2) is 6.07 Å². The molecule has 1 N–H and O–H groups in total. The average Bonchev–Trinajstić information content (AvgIpc) is 2.16. The fourth-order valence-electron chi connectivity index (χ4n) is 1.02. The second kappa shape index (κ2) is 4.84. The number of rotatable bonds is 4. The summed E-state index contributed by atoms with van der Waals surface area (Å²) in [7, 11) is 1.21. The van der Waals surface area contributed by atoms with E-state index < -0.39 is 41.5 Å². The molecule has 0 fully saturated rings. The average molecular weight is 236 g/mol. The van der Waals surface area contributed by atoms with Gasteiger partial charge in [-0.05, 0) is 0 Å². The van der Waals surface area contributed by atoms with Crippen molar-refractivity contribution >= 4 is 5.97 Å². The molecule has 0 aliphatic rings. The van der Waals surface area contributed by atoms with Crippen molar-refractivity contribution in [1.82, 2.24) is 0 Å². The van der Waals surface area contributed by atoms with Crippen LogP contribution in [0.4, 0.5) is 13.2 Å². The number of hydrogen-bond donors (Lipinski definition) is 1. The fourth-order valence-corrected chi connectivity index (χ4v) is 1.02. The molecule has 0 bridgehead atoms. The number of methoxy groups -OCH3 is 1. The lowest BCUT2D eigenvalue weighted by Gasteiger charge is -2.09. The highest BCUT2D eigenvalue weighted by Gasteiger charge is 2.24. The maximum absolute atomic E-state index is 13.3. The van der Waals surface area contributed by atoms with Crippen LogP contribution in [0.2, 0.25) is 0 Å². The van der Waals surface area contributed by atoms with E-state index in [4.69, 9.17) is 5.11 Å². The minimum absolute atomic E-state index is 0.234. The number of carboxylic acid groups (broad SMARTS) is 1. The van der Waals surface area contributed by atoms with Gasteiger partial charge in [0.15, 0.2) is 24.2 Å². The molecule has 0 saturated carbocycles. The summed E-state index contributed by atoms with van der Waals surface area (Å²) < 4.78 is 48.1. The predicted octanol–water partition coefficient (Wildman–Crippen LogP) is 1.78. The van der Waals surface area contributed by atoms with Gasteiger partial charge in [0.2, 0.25) is 0 Å². The van der Waals surface area contributed by atoms with Crippen LogP contribution in [0.25, 0.3) is 0 Å². The number of aromatic carboxylic acids is 1. The molecule has 0 aromatic heterocycles. The Kier molecular flexibility index (Phi) is 3.73. The van der Waals surface area contributed by atoms with Crippen LogP contribution in [-0.2, 0) is 4.74 Å². The predicted molar refractivity (Wildman–Crippen MR) is 45.8 cm³/mol. The molecular formula is C9H7F3O4. The van der Waals surface area contributed by atoms with E-state index in [1.165, 1.54) is 7.11 Å². The van der Waals surface area contributed by atoms with Gasteiger partial charge in [-0.3, -0.25) is 0 Å². The van der Waals surface area contributed by atoms with E-state index in [1.807, 2.05) is 0 Å². The Hall–Kier alpha value is -1.76. The standard InChI is InChI=1S/C9H7F3O4/c1-15-3-16-8-5(11)2-4(10)6(7(8)12)9(13)14/h2H,3H2,1H3,(H,13,14). The van der Waals surface area contributed by atoms with Crippen molar-refractivity contribution in [2.75, 3.05) is 13.9 Å². The van der Waals surface area contributed by atoms with Crippen molar-refractivity contribution in [2.45, 2.75) is 0 Å². The largest absolute Gasteiger partial charge is 0.477 e. The minimum Gasteiger partial charge on any atom is -0.477 e. The zero-order chi connectivity index (χ0) is 12.3. The van der Waals surface area contributed by atoms with E-state index in [2.05, 4.69) is 9.47 Å². The lowest BCUT2D eigenvalue weighted by atomic mass is 10.2. The van der Waals surface area contributed by atoms with Gasteiger partial charge in [0, 0.05) is 13.2 Å². The molecule has 4 nitrogen and oxygen atoms in total. The normalized spacial score (nSPS) is 10.2. The fraction of sp³-hybridized carbons (Fsp3) is 0.222. The number of ether oxygens (including phenoxy) is 2. The Labute approximate surface area is 88.2 Å². The number of halogens is 3. The van der Waals surface area contributed by atoms with Gasteiger partial charge in [0.05, 0.1) is 0 Å². The van der Waals surface area contributed by atoms with Crippen LogP contribution in [0, 0.1) is 17.5 Å². The van der Waals surface area contributed by atoms with E-state index in [-0.39, 0.29) is 6.07 Å². The van der Waals surface area contributed by atoms with Gasteiger partial charge in [-0.15, -0.1) is 0 Å². The van der Waals surface area contributed by atoms with Gasteiger partial charge >= 0.3 is 5.97 Å². The van der Waals surface area contributed by atoms with Crippen LogP contribution in [-0.4, -0.2) is 25.0 Å². The Bertz CT molecular complexity index is 420. The molecular weight excluding hydrogens is 229 g/mol. The van der Waals surface area contributed by atoms with Crippen molar-refractivity contribution < 1.29 is 32.5 Å². The number of carboxylic acids is 1. The Morgan fingerprint density at radius 3 is 2.50 bits per heavy atom. The maximum Gasteiger partial charge on any atom is 0.341 e. The highest BCUT2D eigenvalue weighted by atomic mass is 19.1. The molecule has 0 saturated heterocycles. The smallest absolute Gasteiger partial charge is 0.341 e. The molecule has 1 aromatic carbocycles. The summed E-state index contributed by atoms with van der Waals surface area (Å²) in [6.07, 6.45) is 0. The van der Waals surface area contributed by atoms with E-state index in [1.54, 1.807) is 0 Å². The first-order valence-electron chi connectivity index (χ1n) is 4.01. The van der Waals surface area contributed by atoms with E-state index in [0.717, 1.165) is 0 Å². The van der Waals surface area contributed by atoms with Gasteiger partial charge in [-0.25, -0.2) is 18.0 Å². The first-order chi connectivity index (χ1) is 7.49. The third-order valence-corrected chi connectivity index (χ3v) is 1.66. The molecule has 0 radical (unpaired) electrons. The maximum atomic E-state index is 13.3. The number of carbonyl (C=O) groups is 1. The zero-order valence-corrected chi connectivity index (χ0v) is 8.09. The second-order valence-corrected chi connectivity index (χ2v) is 2.71. The monoisotopic (exact) mass is 236 g/mol. The molecule has 1 rings (SSSR count). The first kappa shape index (κ1) is 12.3. The van der Waals surface area contributed by atoms with Crippen molar-refractivity contribution in [1.29, 1.82) is 0 Å². The van der Waals surface area contributed by atoms with E-state index in [0.29, 0.717) is 0 Å². The quantitative estimate of drug-likeness (QED) is 0.809. The molecule has 0 unspecified atom stereocenters. The molecule has 7 heteroatoms. The van der Waals surface area contributed by atoms with Crippen molar-refractivity contribution in [2.24, 2.45) is 0 Å². The summed E-state index contributed by atoms with van der Waals surface area (Å²) >= 11 is 0. The van der Waals surface area contributed by atoms with Crippen LogP contribution in [0.1, 0.15) is 10.4 Å². The summed E-state index contributed by atoms with van der Waals surface area (Å²) in [5.41, 5.74) is -1.27. The van der Waals surface area contributed by atoms with Gasteiger partial charge in [0.25, 0.3) is 0 Å². The zero-order valence-electron chi connectivity index (χ0n) is 8.09. The summed E-state index contributed by atoms with van der Waals surface area (Å²) in [4.78, 5) is 10.5. The lowest BCUT2D eigenvalue weighted by molar-refractivity contribution is 0.0443. The summed E-state index contributed by atoms with van der Waals surface area (Å²) in [5.74, 6) is -7.29. The summed E-state index contributed by atoms with van der Waals surface area (Å²) in [6, 6.07) is 0.234. The molecule has 0 spiro atoms. The summed E-state index contributed by atoms with van der Waals surface area (Å²) in [6.45, 7) is -0.488. The molecule has 0 aliphatic heterocycles. The molecule has 0 aliphatic carbocycles. The summed E-state index contributed by atoms with van der Waals surface area (Å²) in [5, 5.41) is 8.50. The van der Waals surface area contributed by atoms with Gasteiger partial charge in [-0.2, -0.15) is 0 Å². The van der Waals surface area contributed by atoms with Crippen LogP contribution in [0.3, 0.4) is 0 Å². The Morgan fingerprint density at radius 2 is 2.00 bits per heavy atom. The first-order valence-corrected chi connectivity index (χ1v) is 4.01. The molecule has 1 aromatic rings. The highest BCUT2D eigenvalue weighted by Crippen LogP contribution is 2.27. The van der Waals surface area contributed by atoms with Crippen LogP contribution in [0.5, 0.6) is 5.75 Å². The third kappa shape index (κ3) is 2.25. The van der Waals surface area contributed by atoms with Gasteiger partial charge in [0.1, 0.15) is 11.4 Å². The van der Waals surface area contributed by atoms with Crippen molar-refractivity contribution in [3.8, 4) is 5.75 Å². The lowest BCUT2D eigenvalue weighted by Crippen LogP contribution is -2.10. The minimum atomic E-state index is -1.85. The van der Waals surface area contributed by atoms with Crippen molar-refractivity contribution in [3.63, 3.8) is 0 Å². The number of benzene rings is 1. The third-order valence-electron chi connectivity index (χ3n) is 1.66. The van der Waals surface area contributed by atoms with E-state index >= 15 is 0 Å². The van der Waals surface area contributed by atoms with E-state index in [9.17, 15) is 18.0 Å². The van der Waals surface area contributed by atoms with Gasteiger partial charge in [-0.1, -0.05) is 0 Å².